The zero-order valence-electron chi connectivity index (χ0n) is 9.51. The SMILES string of the molecule is Cc1onc(-c2cc3ccccc3s2)c1C(=O)O. The minimum atomic E-state index is -1.01. The fourth-order valence-electron chi connectivity index (χ4n) is 1.89. The molecule has 3 aromatic rings. The van der Waals surface area contributed by atoms with Gasteiger partial charge in [-0.3, -0.25) is 0 Å². The molecule has 0 aliphatic rings. The van der Waals surface area contributed by atoms with E-state index in [4.69, 9.17) is 4.52 Å². The molecule has 0 bridgehead atoms. The summed E-state index contributed by atoms with van der Waals surface area (Å²) in [4.78, 5) is 12.0. The molecule has 0 saturated carbocycles. The van der Waals surface area contributed by atoms with Crippen molar-refractivity contribution in [1.29, 1.82) is 0 Å². The molecule has 0 atom stereocenters. The molecular formula is C13H9NO3S. The number of fused-ring (bicyclic) bond motifs is 1. The smallest absolute Gasteiger partial charge is 0.341 e. The summed E-state index contributed by atoms with van der Waals surface area (Å²) in [7, 11) is 0. The summed E-state index contributed by atoms with van der Waals surface area (Å²) >= 11 is 1.51. The summed E-state index contributed by atoms with van der Waals surface area (Å²) in [5.41, 5.74) is 0.544. The van der Waals surface area contributed by atoms with Crippen LogP contribution >= 0.6 is 11.3 Å². The Morgan fingerprint density at radius 1 is 1.39 bits per heavy atom. The monoisotopic (exact) mass is 259 g/mol. The van der Waals surface area contributed by atoms with Crippen LogP contribution in [0, 0.1) is 6.92 Å². The normalized spacial score (nSPS) is 10.9. The van der Waals surface area contributed by atoms with E-state index in [0.717, 1.165) is 15.0 Å². The van der Waals surface area contributed by atoms with Gasteiger partial charge in [0, 0.05) is 4.70 Å². The topological polar surface area (TPSA) is 63.3 Å². The van der Waals surface area contributed by atoms with Gasteiger partial charge in [-0.1, -0.05) is 23.4 Å². The van der Waals surface area contributed by atoms with Crippen molar-refractivity contribution in [2.24, 2.45) is 0 Å². The van der Waals surface area contributed by atoms with Gasteiger partial charge in [0.15, 0.2) is 0 Å². The van der Waals surface area contributed by atoms with E-state index in [1.54, 1.807) is 6.92 Å². The highest BCUT2D eigenvalue weighted by Crippen LogP contribution is 2.35. The van der Waals surface area contributed by atoms with Crippen LogP contribution in [0.5, 0.6) is 0 Å². The van der Waals surface area contributed by atoms with E-state index in [9.17, 15) is 9.90 Å². The predicted octanol–water partition coefficient (Wildman–Crippen LogP) is 3.56. The third kappa shape index (κ3) is 1.60. The van der Waals surface area contributed by atoms with Crippen molar-refractivity contribution >= 4 is 27.4 Å². The highest BCUT2D eigenvalue weighted by atomic mass is 32.1. The van der Waals surface area contributed by atoms with Gasteiger partial charge < -0.3 is 9.63 Å². The van der Waals surface area contributed by atoms with Gasteiger partial charge in [0.2, 0.25) is 0 Å². The molecule has 1 N–H and O–H groups in total. The van der Waals surface area contributed by atoms with Crippen LogP contribution in [-0.2, 0) is 0 Å². The Balaban J connectivity index is 2.23. The zero-order chi connectivity index (χ0) is 12.7. The van der Waals surface area contributed by atoms with Crippen LogP contribution in [0.3, 0.4) is 0 Å². The number of aromatic nitrogens is 1. The molecule has 90 valence electrons. The van der Waals surface area contributed by atoms with Crippen LogP contribution in [0.1, 0.15) is 16.1 Å². The predicted molar refractivity (Wildman–Crippen MR) is 69.0 cm³/mol. The Morgan fingerprint density at radius 3 is 2.89 bits per heavy atom. The van der Waals surface area contributed by atoms with Crippen molar-refractivity contribution < 1.29 is 14.4 Å². The molecule has 0 aliphatic heterocycles. The first kappa shape index (κ1) is 11.0. The summed E-state index contributed by atoms with van der Waals surface area (Å²) in [5.74, 6) is -0.684. The molecule has 0 radical (unpaired) electrons. The number of aryl methyl sites for hydroxylation is 1. The van der Waals surface area contributed by atoms with Crippen LogP contribution in [0.2, 0.25) is 0 Å². The number of rotatable bonds is 2. The van der Waals surface area contributed by atoms with Gasteiger partial charge in [0.05, 0.1) is 4.88 Å². The van der Waals surface area contributed by atoms with Crippen molar-refractivity contribution in [2.75, 3.05) is 0 Å². The molecule has 0 aliphatic carbocycles. The number of thiophene rings is 1. The van der Waals surface area contributed by atoms with E-state index in [2.05, 4.69) is 5.16 Å². The van der Waals surface area contributed by atoms with Gasteiger partial charge in [-0.15, -0.1) is 11.3 Å². The molecule has 18 heavy (non-hydrogen) atoms. The van der Waals surface area contributed by atoms with Crippen LogP contribution in [0.4, 0.5) is 0 Å². The average Bonchev–Trinajstić information content (AvgIpc) is 2.91. The third-order valence-electron chi connectivity index (χ3n) is 2.74. The molecule has 5 heteroatoms. The molecule has 0 unspecified atom stereocenters. The first-order chi connectivity index (χ1) is 8.66. The Hall–Kier alpha value is -2.14. The number of nitrogens with zero attached hydrogens (tertiary/aromatic N) is 1. The maximum atomic E-state index is 11.2. The van der Waals surface area contributed by atoms with Crippen molar-refractivity contribution in [3.05, 3.63) is 41.7 Å². The van der Waals surface area contributed by atoms with E-state index in [0.29, 0.717) is 11.5 Å². The number of hydrogen-bond donors (Lipinski definition) is 1. The molecule has 0 saturated heterocycles. The van der Waals surface area contributed by atoms with Crippen LogP contribution in [0.15, 0.2) is 34.9 Å². The van der Waals surface area contributed by atoms with E-state index in [1.165, 1.54) is 11.3 Å². The van der Waals surface area contributed by atoms with E-state index in [-0.39, 0.29) is 5.56 Å². The molecule has 2 heterocycles. The average molecular weight is 259 g/mol. The molecule has 4 nitrogen and oxygen atoms in total. The minimum Gasteiger partial charge on any atom is -0.477 e. The van der Waals surface area contributed by atoms with Gasteiger partial charge in [-0.2, -0.15) is 0 Å². The van der Waals surface area contributed by atoms with Gasteiger partial charge in [-0.05, 0) is 24.4 Å². The summed E-state index contributed by atoms with van der Waals surface area (Å²) in [6.07, 6.45) is 0. The number of carboxylic acid groups (broad SMARTS) is 1. The summed E-state index contributed by atoms with van der Waals surface area (Å²) in [6.45, 7) is 1.60. The van der Waals surface area contributed by atoms with E-state index >= 15 is 0 Å². The number of benzene rings is 1. The van der Waals surface area contributed by atoms with Crippen molar-refractivity contribution in [3.63, 3.8) is 0 Å². The fraction of sp³-hybridized carbons (Fsp3) is 0.0769. The first-order valence-electron chi connectivity index (χ1n) is 5.35. The Labute approximate surface area is 106 Å². The van der Waals surface area contributed by atoms with E-state index < -0.39 is 5.97 Å². The maximum absolute atomic E-state index is 11.2. The van der Waals surface area contributed by atoms with Crippen molar-refractivity contribution in [3.8, 4) is 10.6 Å². The zero-order valence-corrected chi connectivity index (χ0v) is 10.3. The molecule has 0 spiro atoms. The quantitative estimate of drug-likeness (QED) is 0.764. The summed E-state index contributed by atoms with van der Waals surface area (Å²) < 4.78 is 6.08. The van der Waals surface area contributed by atoms with Crippen molar-refractivity contribution in [2.45, 2.75) is 6.92 Å². The van der Waals surface area contributed by atoms with Gasteiger partial charge in [0.1, 0.15) is 17.0 Å². The van der Waals surface area contributed by atoms with Gasteiger partial charge >= 0.3 is 5.97 Å². The molecule has 0 amide bonds. The second-order valence-electron chi connectivity index (χ2n) is 3.92. The fourth-order valence-corrected chi connectivity index (χ4v) is 2.94. The number of aromatic carboxylic acids is 1. The van der Waals surface area contributed by atoms with Crippen LogP contribution in [0.25, 0.3) is 20.7 Å². The lowest BCUT2D eigenvalue weighted by molar-refractivity contribution is 0.0696. The van der Waals surface area contributed by atoms with Crippen LogP contribution in [-0.4, -0.2) is 16.2 Å². The maximum Gasteiger partial charge on any atom is 0.341 e. The molecule has 1 aromatic carbocycles. The molecule has 3 rings (SSSR count). The van der Waals surface area contributed by atoms with Gasteiger partial charge in [-0.25, -0.2) is 4.79 Å². The standard InChI is InChI=1S/C13H9NO3S/c1-7-11(13(15)16)12(14-17-7)10-6-8-4-2-3-5-9(8)18-10/h2-6H,1H3,(H,15,16). The lowest BCUT2D eigenvalue weighted by Crippen LogP contribution is -1.98. The number of carbonyl (C=O) groups is 1. The van der Waals surface area contributed by atoms with Gasteiger partial charge in [0.25, 0.3) is 0 Å². The Bertz CT molecular complexity index is 709. The lowest BCUT2D eigenvalue weighted by atomic mass is 10.1. The Kier molecular flexibility index (Phi) is 2.41. The number of hydrogen-bond acceptors (Lipinski definition) is 4. The summed E-state index contributed by atoms with van der Waals surface area (Å²) in [5, 5.41) is 14.1. The first-order valence-corrected chi connectivity index (χ1v) is 6.17. The Morgan fingerprint density at radius 2 is 2.17 bits per heavy atom. The third-order valence-corrected chi connectivity index (χ3v) is 3.86. The highest BCUT2D eigenvalue weighted by Gasteiger charge is 2.22. The molecular weight excluding hydrogens is 250 g/mol. The largest absolute Gasteiger partial charge is 0.477 e. The number of carboxylic acids is 1. The molecule has 0 fully saturated rings. The molecule has 2 aromatic heterocycles. The van der Waals surface area contributed by atoms with Crippen LogP contribution < -0.4 is 0 Å². The lowest BCUT2D eigenvalue weighted by Gasteiger charge is -1.92. The minimum absolute atomic E-state index is 0.140. The highest BCUT2D eigenvalue weighted by molar-refractivity contribution is 7.22. The second kappa shape index (κ2) is 3.96. The summed E-state index contributed by atoms with van der Waals surface area (Å²) in [6, 6.07) is 9.82. The van der Waals surface area contributed by atoms with Crippen molar-refractivity contribution in [1.82, 2.24) is 5.16 Å². The second-order valence-corrected chi connectivity index (χ2v) is 5.00. The van der Waals surface area contributed by atoms with E-state index in [1.807, 2.05) is 30.3 Å².